The number of carbonyl (C=O) groups is 1. The van der Waals surface area contributed by atoms with Gasteiger partial charge in [0.25, 0.3) is 0 Å². The highest BCUT2D eigenvalue weighted by Crippen LogP contribution is 2.37. The maximum absolute atomic E-state index is 12.5. The van der Waals surface area contributed by atoms with Crippen molar-refractivity contribution in [3.63, 3.8) is 0 Å². The summed E-state index contributed by atoms with van der Waals surface area (Å²) < 4.78 is 4.97. The summed E-state index contributed by atoms with van der Waals surface area (Å²) in [5.41, 5.74) is 4.75. The number of aromatic nitrogens is 1. The average Bonchev–Trinajstić information content (AvgIpc) is 2.68. The highest BCUT2D eigenvalue weighted by atomic mass is 79.9. The van der Waals surface area contributed by atoms with Crippen LogP contribution in [0.1, 0.15) is 26.7 Å². The van der Waals surface area contributed by atoms with E-state index in [9.17, 15) is 4.79 Å². The van der Waals surface area contributed by atoms with Crippen LogP contribution < -0.4 is 0 Å². The number of rotatable bonds is 5. The first-order chi connectivity index (χ1) is 12.6. The molecule has 0 fully saturated rings. The molecule has 0 aliphatic heterocycles. The number of hydrogen-bond acceptors (Lipinski definition) is 3. The van der Waals surface area contributed by atoms with Crippen molar-refractivity contribution >= 4 is 37.8 Å². The van der Waals surface area contributed by atoms with Crippen LogP contribution in [-0.2, 0) is 4.74 Å². The average molecular weight is 475 g/mol. The predicted molar refractivity (Wildman–Crippen MR) is 112 cm³/mol. The third-order valence-electron chi connectivity index (χ3n) is 3.89. The maximum Gasteiger partial charge on any atom is 0.340 e. The summed E-state index contributed by atoms with van der Waals surface area (Å²) in [5.74, 6) is -0.379. The molecule has 2 aromatic carbocycles. The Morgan fingerprint density at radius 3 is 2.12 bits per heavy atom. The van der Waals surface area contributed by atoms with Crippen molar-refractivity contribution in [3.05, 3.63) is 78.0 Å². The van der Waals surface area contributed by atoms with E-state index in [0.717, 1.165) is 22.4 Å². The normalized spacial score (nSPS) is 10.8. The lowest BCUT2D eigenvalue weighted by Gasteiger charge is -2.16. The van der Waals surface area contributed by atoms with Gasteiger partial charge in [0.2, 0.25) is 0 Å². The minimum Gasteiger partial charge on any atom is -0.462 e. The van der Waals surface area contributed by atoms with Gasteiger partial charge >= 0.3 is 5.97 Å². The number of alkyl halides is 2. The minimum atomic E-state index is -0.379. The smallest absolute Gasteiger partial charge is 0.340 e. The van der Waals surface area contributed by atoms with Crippen LogP contribution in [0.15, 0.2) is 66.7 Å². The van der Waals surface area contributed by atoms with Gasteiger partial charge in [0.1, 0.15) is 3.74 Å². The van der Waals surface area contributed by atoms with E-state index in [-0.39, 0.29) is 9.71 Å². The van der Waals surface area contributed by atoms with Crippen molar-refractivity contribution in [2.24, 2.45) is 0 Å². The van der Waals surface area contributed by atoms with Gasteiger partial charge in [0.15, 0.2) is 0 Å². The van der Waals surface area contributed by atoms with E-state index >= 15 is 0 Å². The number of carbonyl (C=O) groups excluding carboxylic acids is 1. The molecular weight excluding hydrogens is 458 g/mol. The Bertz CT molecular complexity index is 897. The molecule has 3 aromatic rings. The Morgan fingerprint density at radius 1 is 1.00 bits per heavy atom. The standard InChI is InChI=1S/C21H17Br2NO2/c1-2-26-21(25)17-13-16(14-9-5-3-6-10-14)18(24-19(17)20(22)23)15-11-7-4-8-12-15/h3-13,20H,2H2,1H3. The first-order valence-corrected chi connectivity index (χ1v) is 10.1. The van der Waals surface area contributed by atoms with Crippen LogP contribution in [0.3, 0.4) is 0 Å². The summed E-state index contributed by atoms with van der Waals surface area (Å²) in [7, 11) is 0. The van der Waals surface area contributed by atoms with Gasteiger partial charge in [-0.2, -0.15) is 0 Å². The summed E-state index contributed by atoms with van der Waals surface area (Å²) in [6.45, 7) is 2.11. The van der Waals surface area contributed by atoms with Crippen LogP contribution in [0.25, 0.3) is 22.4 Å². The molecule has 1 heterocycles. The van der Waals surface area contributed by atoms with Crippen molar-refractivity contribution < 1.29 is 9.53 Å². The van der Waals surface area contributed by atoms with Gasteiger partial charge < -0.3 is 4.74 Å². The summed E-state index contributed by atoms with van der Waals surface area (Å²) in [4.78, 5) is 17.3. The lowest BCUT2D eigenvalue weighted by atomic mass is 9.96. The SMILES string of the molecule is CCOC(=O)c1cc(-c2ccccc2)c(-c2ccccc2)nc1C(Br)Br. The van der Waals surface area contributed by atoms with Crippen LogP contribution in [0, 0.1) is 0 Å². The molecule has 0 unspecified atom stereocenters. The molecule has 5 heteroatoms. The third-order valence-corrected chi connectivity index (χ3v) is 4.75. The predicted octanol–water partition coefficient (Wildman–Crippen LogP) is 6.38. The van der Waals surface area contributed by atoms with Gasteiger partial charge in [-0.25, -0.2) is 9.78 Å². The summed E-state index contributed by atoms with van der Waals surface area (Å²) in [6.07, 6.45) is 0. The van der Waals surface area contributed by atoms with Gasteiger partial charge in [-0.05, 0) is 18.6 Å². The topological polar surface area (TPSA) is 39.2 Å². The van der Waals surface area contributed by atoms with Gasteiger partial charge in [-0.15, -0.1) is 0 Å². The first kappa shape index (κ1) is 18.8. The summed E-state index contributed by atoms with van der Waals surface area (Å²) in [6, 6.07) is 21.8. The zero-order valence-corrected chi connectivity index (χ0v) is 17.3. The molecule has 0 bridgehead atoms. The first-order valence-electron chi connectivity index (χ1n) is 8.23. The van der Waals surface area contributed by atoms with Gasteiger partial charge in [-0.1, -0.05) is 92.5 Å². The molecule has 0 aliphatic carbocycles. The van der Waals surface area contributed by atoms with Crippen molar-refractivity contribution in [2.45, 2.75) is 10.7 Å². The molecule has 0 atom stereocenters. The molecule has 0 radical (unpaired) electrons. The van der Waals surface area contributed by atoms with Gasteiger partial charge in [0, 0.05) is 11.1 Å². The Balaban J connectivity index is 2.28. The molecule has 0 amide bonds. The van der Waals surface area contributed by atoms with E-state index in [4.69, 9.17) is 9.72 Å². The van der Waals surface area contributed by atoms with Crippen LogP contribution in [0.4, 0.5) is 0 Å². The molecule has 26 heavy (non-hydrogen) atoms. The number of benzene rings is 2. The molecule has 0 N–H and O–H groups in total. The van der Waals surface area contributed by atoms with Crippen LogP contribution in [-0.4, -0.2) is 17.6 Å². The monoisotopic (exact) mass is 473 g/mol. The summed E-state index contributed by atoms with van der Waals surface area (Å²) in [5, 5.41) is 0. The van der Waals surface area contributed by atoms with Crippen LogP contribution >= 0.6 is 31.9 Å². The molecule has 0 saturated heterocycles. The van der Waals surface area contributed by atoms with Crippen molar-refractivity contribution in [1.29, 1.82) is 0 Å². The summed E-state index contributed by atoms with van der Waals surface area (Å²) >= 11 is 6.97. The Hall–Kier alpha value is -1.98. The van der Waals surface area contributed by atoms with E-state index < -0.39 is 0 Å². The lowest BCUT2D eigenvalue weighted by Crippen LogP contribution is -2.11. The molecule has 0 aliphatic rings. The second-order valence-electron chi connectivity index (χ2n) is 5.57. The Kier molecular flexibility index (Phi) is 6.22. The van der Waals surface area contributed by atoms with Gasteiger partial charge in [0.05, 0.1) is 23.6 Å². The second-order valence-corrected chi connectivity index (χ2v) is 8.63. The fourth-order valence-corrected chi connectivity index (χ4v) is 3.42. The highest BCUT2D eigenvalue weighted by Gasteiger charge is 2.23. The van der Waals surface area contributed by atoms with Gasteiger partial charge in [-0.3, -0.25) is 0 Å². The maximum atomic E-state index is 12.5. The fourth-order valence-electron chi connectivity index (χ4n) is 2.72. The molecule has 3 nitrogen and oxygen atoms in total. The number of ether oxygens (including phenoxy) is 1. The fraction of sp³-hybridized carbons (Fsp3) is 0.143. The number of pyridine rings is 1. The third kappa shape index (κ3) is 4.05. The van der Waals surface area contributed by atoms with E-state index in [0.29, 0.717) is 17.9 Å². The number of hydrogen-bond donors (Lipinski definition) is 0. The molecule has 132 valence electrons. The van der Waals surface area contributed by atoms with Crippen molar-refractivity contribution in [3.8, 4) is 22.4 Å². The van der Waals surface area contributed by atoms with Crippen molar-refractivity contribution in [2.75, 3.05) is 6.61 Å². The van der Waals surface area contributed by atoms with Crippen LogP contribution in [0.2, 0.25) is 0 Å². The highest BCUT2D eigenvalue weighted by molar-refractivity contribution is 9.24. The lowest BCUT2D eigenvalue weighted by molar-refractivity contribution is 0.0525. The second kappa shape index (κ2) is 8.60. The molecule has 0 spiro atoms. The Morgan fingerprint density at radius 2 is 1.58 bits per heavy atom. The zero-order chi connectivity index (χ0) is 18.5. The van der Waals surface area contributed by atoms with Crippen LogP contribution in [0.5, 0.6) is 0 Å². The number of esters is 1. The minimum absolute atomic E-state index is 0.262. The van der Waals surface area contributed by atoms with E-state index in [2.05, 4.69) is 31.9 Å². The molecular formula is C21H17Br2NO2. The number of halogens is 2. The van der Waals surface area contributed by atoms with E-state index in [1.165, 1.54) is 0 Å². The molecule has 0 saturated carbocycles. The quantitative estimate of drug-likeness (QED) is 0.318. The van der Waals surface area contributed by atoms with E-state index in [1.807, 2.05) is 66.7 Å². The van der Waals surface area contributed by atoms with E-state index in [1.54, 1.807) is 6.92 Å². The largest absolute Gasteiger partial charge is 0.462 e. The Labute approximate surface area is 169 Å². The van der Waals surface area contributed by atoms with Crippen molar-refractivity contribution in [1.82, 2.24) is 4.98 Å². The molecule has 3 rings (SSSR count). The zero-order valence-electron chi connectivity index (χ0n) is 14.2. The molecule has 1 aromatic heterocycles. The number of nitrogens with zero attached hydrogens (tertiary/aromatic N) is 1.